The van der Waals surface area contributed by atoms with Gasteiger partial charge >= 0.3 is 16.5 Å². The van der Waals surface area contributed by atoms with Crippen molar-refractivity contribution < 1.29 is 16.5 Å². The minimum atomic E-state index is -0.285. The molecular weight excluding hydrogens is 183 g/mol. The summed E-state index contributed by atoms with van der Waals surface area (Å²) in [5, 5.41) is 0. The minimum absolute atomic E-state index is 0. The van der Waals surface area contributed by atoms with Crippen LogP contribution < -0.4 is 11.5 Å². The molecule has 4 N–H and O–H groups in total. The van der Waals surface area contributed by atoms with E-state index < -0.39 is 0 Å². The van der Waals surface area contributed by atoms with Crippen LogP contribution in [-0.4, -0.2) is 11.1 Å². The summed E-state index contributed by atoms with van der Waals surface area (Å²) in [5.74, 6) is 0. The van der Waals surface area contributed by atoms with E-state index in [-0.39, 0.29) is 42.4 Å². The van der Waals surface area contributed by atoms with Crippen LogP contribution in [0.1, 0.15) is 27.7 Å². The van der Waals surface area contributed by atoms with Gasteiger partial charge in [0.05, 0.1) is 0 Å². The van der Waals surface area contributed by atoms with Crippen LogP contribution in [0.2, 0.25) is 0 Å². The Bertz CT molecular complexity index is 67.1. The van der Waals surface area contributed by atoms with Crippen molar-refractivity contribution >= 4 is 0 Å². The zero-order valence-corrected chi connectivity index (χ0v) is 9.46. The van der Waals surface area contributed by atoms with Crippen molar-refractivity contribution in [3.05, 3.63) is 14.9 Å². The van der Waals surface area contributed by atoms with E-state index >= 15 is 0 Å². The van der Waals surface area contributed by atoms with Crippen molar-refractivity contribution in [3.63, 3.8) is 0 Å². The molecule has 0 aliphatic carbocycles. The van der Waals surface area contributed by atoms with E-state index in [9.17, 15) is 0 Å². The van der Waals surface area contributed by atoms with Crippen LogP contribution in [0.25, 0.3) is 0 Å². The van der Waals surface area contributed by atoms with E-state index in [1.807, 2.05) is 27.7 Å². The predicted octanol–water partition coefficient (Wildman–Crippen LogP) is 1.36. The second kappa shape index (κ2) is 5.99. The fourth-order valence-corrected chi connectivity index (χ4v) is 0. The maximum Gasteiger partial charge on any atom is 2.00 e. The first-order valence-electron chi connectivity index (χ1n) is 2.83. The molecule has 0 aromatic heterocycles. The molecule has 2 nitrogen and oxygen atoms in total. The maximum absolute atomic E-state index is 5.69. The van der Waals surface area contributed by atoms with E-state index in [1.54, 1.807) is 0 Å². The Hall–Kier alpha value is 0.414. The van der Waals surface area contributed by atoms with Gasteiger partial charge in [-0.05, 0) is 27.7 Å². The summed E-state index contributed by atoms with van der Waals surface area (Å²) in [5.41, 5.74) is 10.8. The zero-order chi connectivity index (χ0) is 7.00. The molecule has 3 heteroatoms. The van der Waals surface area contributed by atoms with Gasteiger partial charge in [0, 0.05) is 11.1 Å². The number of rotatable bonds is 1. The molecule has 0 aliphatic heterocycles. The standard InChI is InChI=1S/C6H16N2.2CH3.Ni/c1-5(2,7)6(3,4)8;;;/h7-8H2,1-4H3;2*1H3;/q;2*-1;+2. The monoisotopic (exact) mass is 204 g/mol. The van der Waals surface area contributed by atoms with Gasteiger partial charge in [-0.2, -0.15) is 0 Å². The van der Waals surface area contributed by atoms with Gasteiger partial charge < -0.3 is 26.3 Å². The Morgan fingerprint density at radius 2 is 0.818 bits per heavy atom. The Morgan fingerprint density at radius 1 is 0.727 bits per heavy atom. The van der Waals surface area contributed by atoms with Crippen molar-refractivity contribution in [2.45, 2.75) is 38.8 Å². The summed E-state index contributed by atoms with van der Waals surface area (Å²) in [6, 6.07) is 0. The molecule has 0 aliphatic rings. The van der Waals surface area contributed by atoms with Crippen molar-refractivity contribution in [1.29, 1.82) is 0 Å². The smallest absolute Gasteiger partial charge is 0.358 e. The summed E-state index contributed by atoms with van der Waals surface area (Å²) in [6.45, 7) is 7.69. The van der Waals surface area contributed by atoms with Crippen LogP contribution in [0.4, 0.5) is 0 Å². The molecule has 0 radical (unpaired) electrons. The molecule has 0 rings (SSSR count). The molecule has 74 valence electrons. The van der Waals surface area contributed by atoms with Crippen molar-refractivity contribution in [3.8, 4) is 0 Å². The van der Waals surface area contributed by atoms with Crippen LogP contribution in [0, 0.1) is 14.9 Å². The molecule has 0 aromatic rings. The van der Waals surface area contributed by atoms with Gasteiger partial charge in [0.25, 0.3) is 0 Å². The van der Waals surface area contributed by atoms with E-state index in [0.717, 1.165) is 0 Å². The van der Waals surface area contributed by atoms with E-state index in [4.69, 9.17) is 11.5 Å². The first-order chi connectivity index (χ1) is 3.25. The largest absolute Gasteiger partial charge is 2.00 e. The van der Waals surface area contributed by atoms with Crippen molar-refractivity contribution in [2.24, 2.45) is 11.5 Å². The number of hydrogen-bond acceptors (Lipinski definition) is 2. The molecule has 0 saturated heterocycles. The number of nitrogens with two attached hydrogens (primary N) is 2. The minimum Gasteiger partial charge on any atom is -0.358 e. The van der Waals surface area contributed by atoms with E-state index in [2.05, 4.69) is 0 Å². The van der Waals surface area contributed by atoms with Crippen molar-refractivity contribution in [2.75, 3.05) is 0 Å². The van der Waals surface area contributed by atoms with Crippen LogP contribution in [0.15, 0.2) is 0 Å². The van der Waals surface area contributed by atoms with Crippen molar-refractivity contribution in [1.82, 2.24) is 0 Å². The molecule has 0 aromatic carbocycles. The molecule has 0 saturated carbocycles. The molecule has 0 heterocycles. The van der Waals surface area contributed by atoms with Gasteiger partial charge in [-0.25, -0.2) is 0 Å². The Labute approximate surface area is 82.0 Å². The average molecular weight is 205 g/mol. The normalized spacial score (nSPS) is 10.4. The first kappa shape index (κ1) is 22.5. The average Bonchev–Trinajstić information content (AvgIpc) is 1.25. The predicted molar refractivity (Wildman–Crippen MR) is 49.4 cm³/mol. The summed E-state index contributed by atoms with van der Waals surface area (Å²) >= 11 is 0. The Kier molecular flexibility index (Phi) is 12.3. The molecule has 0 unspecified atom stereocenters. The van der Waals surface area contributed by atoms with Gasteiger partial charge in [-0.3, -0.25) is 0 Å². The van der Waals surface area contributed by atoms with Crippen LogP contribution >= 0.6 is 0 Å². The molecule has 0 atom stereocenters. The molecule has 0 fully saturated rings. The third-order valence-electron chi connectivity index (χ3n) is 1.66. The molecule has 11 heavy (non-hydrogen) atoms. The van der Waals surface area contributed by atoms with Gasteiger partial charge in [0.15, 0.2) is 0 Å². The molecule has 0 spiro atoms. The maximum atomic E-state index is 5.69. The Balaban J connectivity index is -0.0000000817. The van der Waals surface area contributed by atoms with Gasteiger partial charge in [-0.1, -0.05) is 0 Å². The van der Waals surface area contributed by atoms with Crippen LogP contribution in [-0.2, 0) is 16.5 Å². The third kappa shape index (κ3) is 8.32. The zero-order valence-electron chi connectivity index (χ0n) is 8.47. The molecular formula is C8H22N2Ni. The SMILES string of the molecule is CC(C)(N)C(C)(C)N.[CH3-].[CH3-].[Ni+2]. The summed E-state index contributed by atoms with van der Waals surface area (Å²) in [4.78, 5) is 0. The fourth-order valence-electron chi connectivity index (χ4n) is 0. The molecule has 0 bridgehead atoms. The fraction of sp³-hybridized carbons (Fsp3) is 0.750. The van der Waals surface area contributed by atoms with E-state index in [0.29, 0.717) is 0 Å². The van der Waals surface area contributed by atoms with Crippen LogP contribution in [0.5, 0.6) is 0 Å². The second-order valence-electron chi connectivity index (χ2n) is 3.44. The van der Waals surface area contributed by atoms with Gasteiger partial charge in [-0.15, -0.1) is 0 Å². The summed E-state index contributed by atoms with van der Waals surface area (Å²) < 4.78 is 0. The van der Waals surface area contributed by atoms with Gasteiger partial charge in [0.2, 0.25) is 0 Å². The number of hydrogen-bond donors (Lipinski definition) is 2. The molecule has 0 amide bonds. The summed E-state index contributed by atoms with van der Waals surface area (Å²) in [7, 11) is 0. The third-order valence-corrected chi connectivity index (χ3v) is 1.66. The van der Waals surface area contributed by atoms with Crippen LogP contribution in [0.3, 0.4) is 0 Å². The Morgan fingerprint density at radius 3 is 0.818 bits per heavy atom. The van der Waals surface area contributed by atoms with Gasteiger partial charge in [0.1, 0.15) is 0 Å². The second-order valence-corrected chi connectivity index (χ2v) is 3.44. The van der Waals surface area contributed by atoms with E-state index in [1.165, 1.54) is 0 Å². The summed E-state index contributed by atoms with van der Waals surface area (Å²) in [6.07, 6.45) is 0. The topological polar surface area (TPSA) is 52.0 Å². The quantitative estimate of drug-likeness (QED) is 0.501. The first-order valence-corrected chi connectivity index (χ1v) is 2.83.